The molecule has 0 spiro atoms. The van der Waals surface area contributed by atoms with E-state index in [2.05, 4.69) is 11.4 Å². The molecular weight excluding hydrogens is 383 g/mol. The van der Waals surface area contributed by atoms with E-state index in [1.807, 2.05) is 23.1 Å². The summed E-state index contributed by atoms with van der Waals surface area (Å²) in [5, 5.41) is 2.58. The normalized spacial score (nSPS) is 22.6. The monoisotopic (exact) mass is 403 g/mol. The Labute approximate surface area is 166 Å². The number of alkyl halides is 3. The molecule has 0 saturated carbocycles. The standard InChI is InChI=1S/C21H20F3N3O2/c1-20(16-7-4-8-17(11-16)21(22,23)24)18(28)27(19(29)25-20)13-26-10-9-14-5-2-3-6-15(14)12-26/h2-8,11H,9-10,12-13H2,1H3,(H,25,29). The lowest BCUT2D eigenvalue weighted by molar-refractivity contribution is -0.138. The molecule has 2 aliphatic heterocycles. The van der Waals surface area contributed by atoms with Gasteiger partial charge in [-0.3, -0.25) is 9.69 Å². The molecule has 8 heteroatoms. The number of carbonyl (C=O) groups excluding carboxylic acids is 2. The lowest BCUT2D eigenvalue weighted by atomic mass is 9.90. The van der Waals surface area contributed by atoms with Crippen LogP contribution in [-0.4, -0.2) is 35.0 Å². The summed E-state index contributed by atoms with van der Waals surface area (Å²) in [7, 11) is 0. The molecule has 2 aliphatic rings. The Bertz CT molecular complexity index is 976. The zero-order valence-corrected chi connectivity index (χ0v) is 15.8. The fourth-order valence-corrected chi connectivity index (χ4v) is 3.90. The first-order chi connectivity index (χ1) is 13.7. The van der Waals surface area contributed by atoms with E-state index < -0.39 is 29.2 Å². The van der Waals surface area contributed by atoms with Crippen molar-refractivity contribution in [3.8, 4) is 0 Å². The fraction of sp³-hybridized carbons (Fsp3) is 0.333. The van der Waals surface area contributed by atoms with Crippen LogP contribution in [0.25, 0.3) is 0 Å². The first-order valence-corrected chi connectivity index (χ1v) is 9.29. The Kier molecular flexibility index (Phi) is 4.61. The molecule has 0 aromatic heterocycles. The van der Waals surface area contributed by atoms with Crippen LogP contribution in [0.3, 0.4) is 0 Å². The Morgan fingerprint density at radius 2 is 1.79 bits per heavy atom. The van der Waals surface area contributed by atoms with E-state index in [9.17, 15) is 22.8 Å². The number of benzene rings is 2. The molecule has 1 saturated heterocycles. The van der Waals surface area contributed by atoms with Gasteiger partial charge < -0.3 is 5.32 Å². The van der Waals surface area contributed by atoms with Crippen LogP contribution in [-0.2, 0) is 29.5 Å². The molecule has 2 heterocycles. The van der Waals surface area contributed by atoms with Crippen LogP contribution >= 0.6 is 0 Å². The van der Waals surface area contributed by atoms with Crippen molar-refractivity contribution in [2.45, 2.75) is 31.6 Å². The highest BCUT2D eigenvalue weighted by Gasteiger charge is 2.50. The molecule has 1 unspecified atom stereocenters. The highest BCUT2D eigenvalue weighted by Crippen LogP contribution is 2.34. The van der Waals surface area contributed by atoms with Crippen molar-refractivity contribution in [2.75, 3.05) is 13.2 Å². The Balaban J connectivity index is 1.55. The van der Waals surface area contributed by atoms with Crippen LogP contribution < -0.4 is 5.32 Å². The zero-order valence-electron chi connectivity index (χ0n) is 15.8. The number of amides is 3. The molecule has 1 fully saturated rings. The molecule has 0 aliphatic carbocycles. The minimum atomic E-state index is -4.53. The average Bonchev–Trinajstić information content (AvgIpc) is 2.91. The van der Waals surface area contributed by atoms with E-state index in [0.717, 1.165) is 29.0 Å². The van der Waals surface area contributed by atoms with Crippen molar-refractivity contribution in [3.05, 3.63) is 70.8 Å². The van der Waals surface area contributed by atoms with Gasteiger partial charge >= 0.3 is 12.2 Å². The molecule has 4 rings (SSSR count). The summed E-state index contributed by atoms with van der Waals surface area (Å²) in [5.74, 6) is -0.555. The number of hydrogen-bond acceptors (Lipinski definition) is 3. The molecule has 2 aromatic rings. The largest absolute Gasteiger partial charge is 0.416 e. The third-order valence-corrected chi connectivity index (χ3v) is 5.59. The van der Waals surface area contributed by atoms with E-state index in [1.165, 1.54) is 24.6 Å². The fourth-order valence-electron chi connectivity index (χ4n) is 3.90. The van der Waals surface area contributed by atoms with Crippen LogP contribution in [0, 0.1) is 0 Å². The number of urea groups is 1. The molecule has 29 heavy (non-hydrogen) atoms. The number of fused-ring (bicyclic) bond motifs is 1. The molecule has 2 aromatic carbocycles. The molecule has 3 amide bonds. The van der Waals surface area contributed by atoms with Gasteiger partial charge in [-0.05, 0) is 42.2 Å². The molecule has 0 bridgehead atoms. The first kappa shape index (κ1) is 19.4. The number of rotatable bonds is 3. The van der Waals surface area contributed by atoms with Crippen molar-refractivity contribution in [1.82, 2.24) is 15.1 Å². The summed E-state index contributed by atoms with van der Waals surface area (Å²) >= 11 is 0. The summed E-state index contributed by atoms with van der Waals surface area (Å²) in [5.41, 5.74) is 0.106. The molecule has 5 nitrogen and oxygen atoms in total. The molecular formula is C21H20F3N3O2. The van der Waals surface area contributed by atoms with Gasteiger partial charge in [0.2, 0.25) is 0 Å². The molecule has 1 N–H and O–H groups in total. The average molecular weight is 403 g/mol. The van der Waals surface area contributed by atoms with Gasteiger partial charge in [0.25, 0.3) is 5.91 Å². The van der Waals surface area contributed by atoms with E-state index >= 15 is 0 Å². The predicted molar refractivity (Wildman–Crippen MR) is 99.6 cm³/mol. The topological polar surface area (TPSA) is 52.7 Å². The van der Waals surface area contributed by atoms with Gasteiger partial charge in [-0.15, -0.1) is 0 Å². The minimum Gasteiger partial charge on any atom is -0.319 e. The van der Waals surface area contributed by atoms with Gasteiger partial charge in [-0.1, -0.05) is 36.4 Å². The minimum absolute atomic E-state index is 0.0908. The highest BCUT2D eigenvalue weighted by molar-refractivity contribution is 6.07. The summed E-state index contributed by atoms with van der Waals surface area (Å²) < 4.78 is 39.2. The summed E-state index contributed by atoms with van der Waals surface area (Å²) in [6.45, 7) is 2.82. The van der Waals surface area contributed by atoms with E-state index in [-0.39, 0.29) is 12.2 Å². The second-order valence-corrected chi connectivity index (χ2v) is 7.58. The van der Waals surface area contributed by atoms with Gasteiger partial charge in [0.1, 0.15) is 5.54 Å². The number of hydrogen-bond donors (Lipinski definition) is 1. The van der Waals surface area contributed by atoms with Crippen LogP contribution in [0.1, 0.15) is 29.2 Å². The number of carbonyl (C=O) groups is 2. The van der Waals surface area contributed by atoms with E-state index in [0.29, 0.717) is 13.1 Å². The van der Waals surface area contributed by atoms with Crippen LogP contribution in [0.4, 0.5) is 18.0 Å². The van der Waals surface area contributed by atoms with Crippen molar-refractivity contribution >= 4 is 11.9 Å². The van der Waals surface area contributed by atoms with Gasteiger partial charge in [0.15, 0.2) is 0 Å². The first-order valence-electron chi connectivity index (χ1n) is 9.29. The maximum Gasteiger partial charge on any atom is 0.416 e. The SMILES string of the molecule is CC1(c2cccc(C(F)(F)F)c2)NC(=O)N(CN2CCc3ccccc3C2)C1=O. The lowest BCUT2D eigenvalue weighted by Gasteiger charge is -2.31. The number of halogens is 3. The van der Waals surface area contributed by atoms with Crippen LogP contribution in [0.5, 0.6) is 0 Å². The summed E-state index contributed by atoms with van der Waals surface area (Å²) in [6.07, 6.45) is -3.72. The van der Waals surface area contributed by atoms with E-state index in [4.69, 9.17) is 0 Å². The second kappa shape index (κ2) is 6.88. The summed E-state index contributed by atoms with van der Waals surface area (Å²) in [6, 6.07) is 11.9. The van der Waals surface area contributed by atoms with Gasteiger partial charge in [-0.25, -0.2) is 9.69 Å². The Morgan fingerprint density at radius 1 is 1.07 bits per heavy atom. The maximum absolute atomic E-state index is 13.1. The molecule has 152 valence electrons. The molecule has 0 radical (unpaired) electrons. The van der Waals surface area contributed by atoms with Gasteiger partial charge in [0.05, 0.1) is 12.2 Å². The van der Waals surface area contributed by atoms with Crippen molar-refractivity contribution in [3.63, 3.8) is 0 Å². The lowest BCUT2D eigenvalue weighted by Crippen LogP contribution is -2.45. The third kappa shape index (κ3) is 3.48. The van der Waals surface area contributed by atoms with Crippen molar-refractivity contribution in [1.29, 1.82) is 0 Å². The zero-order chi connectivity index (χ0) is 20.8. The van der Waals surface area contributed by atoms with Crippen molar-refractivity contribution in [2.24, 2.45) is 0 Å². The predicted octanol–water partition coefficient (Wildman–Crippen LogP) is 3.49. The smallest absolute Gasteiger partial charge is 0.319 e. The second-order valence-electron chi connectivity index (χ2n) is 7.58. The Hall–Kier alpha value is -2.87. The highest BCUT2D eigenvalue weighted by atomic mass is 19.4. The number of nitrogens with zero attached hydrogens (tertiary/aromatic N) is 2. The van der Waals surface area contributed by atoms with Gasteiger partial charge in [0, 0.05) is 13.1 Å². The van der Waals surface area contributed by atoms with Gasteiger partial charge in [-0.2, -0.15) is 13.2 Å². The summed E-state index contributed by atoms with van der Waals surface area (Å²) in [4.78, 5) is 28.6. The maximum atomic E-state index is 13.1. The van der Waals surface area contributed by atoms with E-state index in [1.54, 1.807) is 0 Å². The quantitative estimate of drug-likeness (QED) is 0.799. The number of imide groups is 1. The van der Waals surface area contributed by atoms with Crippen LogP contribution in [0.2, 0.25) is 0 Å². The number of nitrogens with one attached hydrogen (secondary N) is 1. The third-order valence-electron chi connectivity index (χ3n) is 5.59. The van der Waals surface area contributed by atoms with Crippen LogP contribution in [0.15, 0.2) is 48.5 Å². The Morgan fingerprint density at radius 3 is 2.52 bits per heavy atom. The molecule has 1 atom stereocenters. The van der Waals surface area contributed by atoms with Crippen molar-refractivity contribution < 1.29 is 22.8 Å².